The van der Waals surface area contributed by atoms with Crippen LogP contribution in [-0.4, -0.2) is 6.61 Å². The lowest BCUT2D eigenvalue weighted by atomic mass is 10.5. The van der Waals surface area contributed by atoms with Gasteiger partial charge in [0, 0.05) is 0 Å². The molecule has 0 radical (unpaired) electrons. The molecule has 0 fully saturated rings. The van der Waals surface area contributed by atoms with E-state index < -0.39 is 0 Å². The molecule has 1 rings (SSSR count). The Labute approximate surface area is 66.2 Å². The molecular weight excluding hydrogens is 140 g/mol. The SMILES string of the molecule is CC#CCOCc1ccco1. The lowest BCUT2D eigenvalue weighted by Crippen LogP contribution is -1.90. The highest BCUT2D eigenvalue weighted by atomic mass is 16.5. The zero-order valence-electron chi connectivity index (χ0n) is 6.46. The van der Waals surface area contributed by atoms with E-state index in [1.807, 2.05) is 12.1 Å². The minimum Gasteiger partial charge on any atom is -0.467 e. The summed E-state index contributed by atoms with van der Waals surface area (Å²) in [5.74, 6) is 6.37. The van der Waals surface area contributed by atoms with E-state index in [9.17, 15) is 0 Å². The van der Waals surface area contributed by atoms with Crippen LogP contribution in [0.25, 0.3) is 0 Å². The van der Waals surface area contributed by atoms with E-state index in [1.165, 1.54) is 0 Å². The predicted octanol–water partition coefficient (Wildman–Crippen LogP) is 1.82. The van der Waals surface area contributed by atoms with E-state index >= 15 is 0 Å². The summed E-state index contributed by atoms with van der Waals surface area (Å²) < 4.78 is 10.2. The summed E-state index contributed by atoms with van der Waals surface area (Å²) in [5, 5.41) is 0. The van der Waals surface area contributed by atoms with Crippen molar-refractivity contribution in [1.29, 1.82) is 0 Å². The predicted molar refractivity (Wildman–Crippen MR) is 41.8 cm³/mol. The second-order valence-corrected chi connectivity index (χ2v) is 2.00. The molecule has 2 nitrogen and oxygen atoms in total. The largest absolute Gasteiger partial charge is 0.467 e. The Bertz CT molecular complexity index is 238. The van der Waals surface area contributed by atoms with Crippen LogP contribution in [0, 0.1) is 11.8 Å². The van der Waals surface area contributed by atoms with Gasteiger partial charge in [-0.15, -0.1) is 5.92 Å². The average Bonchev–Trinajstić information content (AvgIpc) is 2.50. The minimum atomic E-state index is 0.469. The lowest BCUT2D eigenvalue weighted by molar-refractivity contribution is 0.136. The molecule has 58 valence electrons. The maximum absolute atomic E-state index is 5.15. The van der Waals surface area contributed by atoms with Crippen LogP contribution in [0.2, 0.25) is 0 Å². The zero-order chi connectivity index (χ0) is 7.94. The molecule has 11 heavy (non-hydrogen) atoms. The first-order chi connectivity index (χ1) is 5.43. The Kier molecular flexibility index (Phi) is 3.30. The Morgan fingerprint density at radius 2 is 2.55 bits per heavy atom. The third-order valence-electron chi connectivity index (χ3n) is 1.18. The summed E-state index contributed by atoms with van der Waals surface area (Å²) in [7, 11) is 0. The summed E-state index contributed by atoms with van der Waals surface area (Å²) in [6.07, 6.45) is 1.63. The fourth-order valence-corrected chi connectivity index (χ4v) is 0.670. The van der Waals surface area contributed by atoms with Crippen LogP contribution >= 0.6 is 0 Å². The molecule has 1 aromatic heterocycles. The number of furan rings is 1. The van der Waals surface area contributed by atoms with Gasteiger partial charge in [0.2, 0.25) is 0 Å². The first kappa shape index (κ1) is 7.90. The van der Waals surface area contributed by atoms with E-state index in [1.54, 1.807) is 13.2 Å². The van der Waals surface area contributed by atoms with Crippen molar-refractivity contribution >= 4 is 0 Å². The van der Waals surface area contributed by atoms with E-state index in [4.69, 9.17) is 9.15 Å². The van der Waals surface area contributed by atoms with Gasteiger partial charge in [0.05, 0.1) is 6.26 Å². The van der Waals surface area contributed by atoms with Gasteiger partial charge in [0.25, 0.3) is 0 Å². The molecule has 0 bridgehead atoms. The van der Waals surface area contributed by atoms with Gasteiger partial charge in [-0.1, -0.05) is 5.92 Å². The molecule has 0 saturated carbocycles. The van der Waals surface area contributed by atoms with Crippen LogP contribution in [0.5, 0.6) is 0 Å². The summed E-state index contributed by atoms with van der Waals surface area (Å²) >= 11 is 0. The molecule has 1 heterocycles. The summed E-state index contributed by atoms with van der Waals surface area (Å²) in [4.78, 5) is 0. The van der Waals surface area contributed by atoms with Gasteiger partial charge in [0.15, 0.2) is 0 Å². The summed E-state index contributed by atoms with van der Waals surface area (Å²) in [6, 6.07) is 3.71. The molecule has 0 amide bonds. The number of hydrogen-bond acceptors (Lipinski definition) is 2. The fraction of sp³-hybridized carbons (Fsp3) is 0.333. The van der Waals surface area contributed by atoms with Crippen molar-refractivity contribution in [3.05, 3.63) is 24.2 Å². The molecular formula is C9H10O2. The van der Waals surface area contributed by atoms with Crippen molar-refractivity contribution < 1.29 is 9.15 Å². The highest BCUT2D eigenvalue weighted by Crippen LogP contribution is 2.00. The van der Waals surface area contributed by atoms with Gasteiger partial charge < -0.3 is 9.15 Å². The van der Waals surface area contributed by atoms with Crippen LogP contribution in [0.4, 0.5) is 0 Å². The third-order valence-corrected chi connectivity index (χ3v) is 1.18. The maximum Gasteiger partial charge on any atom is 0.129 e. The van der Waals surface area contributed by atoms with Crippen LogP contribution in [0.15, 0.2) is 22.8 Å². The van der Waals surface area contributed by atoms with E-state index in [-0.39, 0.29) is 0 Å². The molecule has 1 aromatic rings. The molecule has 0 spiro atoms. The van der Waals surface area contributed by atoms with Gasteiger partial charge in [-0.05, 0) is 19.1 Å². The number of ether oxygens (including phenoxy) is 1. The normalized spacial score (nSPS) is 8.82. The van der Waals surface area contributed by atoms with Crippen LogP contribution < -0.4 is 0 Å². The summed E-state index contributed by atoms with van der Waals surface area (Å²) in [5.41, 5.74) is 0. The molecule has 0 atom stereocenters. The Morgan fingerprint density at radius 3 is 3.18 bits per heavy atom. The van der Waals surface area contributed by atoms with Crippen LogP contribution in [0.3, 0.4) is 0 Å². The van der Waals surface area contributed by atoms with E-state index in [0.717, 1.165) is 5.76 Å². The molecule has 0 aliphatic rings. The van der Waals surface area contributed by atoms with Crippen molar-refractivity contribution in [2.45, 2.75) is 13.5 Å². The molecule has 0 aliphatic carbocycles. The minimum absolute atomic E-state index is 0.469. The smallest absolute Gasteiger partial charge is 0.129 e. The monoisotopic (exact) mass is 150 g/mol. The van der Waals surface area contributed by atoms with Crippen molar-refractivity contribution in [3.63, 3.8) is 0 Å². The second kappa shape index (κ2) is 4.59. The Morgan fingerprint density at radius 1 is 1.64 bits per heavy atom. The molecule has 0 N–H and O–H groups in total. The molecule has 2 heteroatoms. The average molecular weight is 150 g/mol. The Hall–Kier alpha value is -1.20. The zero-order valence-corrected chi connectivity index (χ0v) is 6.46. The number of hydrogen-bond donors (Lipinski definition) is 0. The van der Waals surface area contributed by atoms with Crippen molar-refractivity contribution in [3.8, 4) is 11.8 Å². The Balaban J connectivity index is 2.17. The molecule has 0 aliphatic heterocycles. The van der Waals surface area contributed by atoms with Crippen molar-refractivity contribution in [2.24, 2.45) is 0 Å². The maximum atomic E-state index is 5.15. The first-order valence-corrected chi connectivity index (χ1v) is 3.43. The molecule has 0 aromatic carbocycles. The summed E-state index contributed by atoms with van der Waals surface area (Å²) in [6.45, 7) is 2.76. The van der Waals surface area contributed by atoms with Gasteiger partial charge in [-0.3, -0.25) is 0 Å². The third kappa shape index (κ3) is 2.92. The van der Waals surface area contributed by atoms with Crippen molar-refractivity contribution in [1.82, 2.24) is 0 Å². The number of rotatable bonds is 3. The van der Waals surface area contributed by atoms with Gasteiger partial charge in [-0.25, -0.2) is 0 Å². The fourth-order valence-electron chi connectivity index (χ4n) is 0.670. The van der Waals surface area contributed by atoms with E-state index in [2.05, 4.69) is 11.8 Å². The quantitative estimate of drug-likeness (QED) is 0.484. The topological polar surface area (TPSA) is 22.4 Å². The van der Waals surface area contributed by atoms with Gasteiger partial charge in [0.1, 0.15) is 19.0 Å². The first-order valence-electron chi connectivity index (χ1n) is 3.43. The van der Waals surface area contributed by atoms with Crippen LogP contribution in [0.1, 0.15) is 12.7 Å². The van der Waals surface area contributed by atoms with Gasteiger partial charge in [-0.2, -0.15) is 0 Å². The second-order valence-electron chi connectivity index (χ2n) is 2.00. The molecule has 0 unspecified atom stereocenters. The lowest BCUT2D eigenvalue weighted by Gasteiger charge is -1.93. The van der Waals surface area contributed by atoms with Gasteiger partial charge >= 0.3 is 0 Å². The van der Waals surface area contributed by atoms with E-state index in [0.29, 0.717) is 13.2 Å². The highest BCUT2D eigenvalue weighted by Gasteiger charge is 1.92. The molecule has 0 saturated heterocycles. The van der Waals surface area contributed by atoms with Crippen molar-refractivity contribution in [2.75, 3.05) is 6.61 Å². The highest BCUT2D eigenvalue weighted by molar-refractivity contribution is 4.98. The standard InChI is InChI=1S/C9H10O2/c1-2-3-6-10-8-9-5-4-7-11-9/h4-5,7H,6,8H2,1H3. The van der Waals surface area contributed by atoms with Crippen LogP contribution in [-0.2, 0) is 11.3 Å².